The van der Waals surface area contributed by atoms with Crippen LogP contribution in [0.15, 0.2) is 12.7 Å². The van der Waals surface area contributed by atoms with Crippen molar-refractivity contribution in [3.63, 3.8) is 0 Å². The Morgan fingerprint density at radius 3 is 2.33 bits per heavy atom. The normalized spacial score (nSPS) is 16.8. The first kappa shape index (κ1) is 15.2. The summed E-state index contributed by atoms with van der Waals surface area (Å²) in [6.07, 6.45) is 8.21. The Bertz CT molecular complexity index is 270. The van der Waals surface area contributed by atoms with E-state index in [9.17, 15) is 4.79 Å². The van der Waals surface area contributed by atoms with Crippen molar-refractivity contribution in [2.24, 2.45) is 11.1 Å². The van der Waals surface area contributed by atoms with Crippen molar-refractivity contribution in [3.8, 4) is 0 Å². The molecule has 1 aliphatic rings. The molecule has 1 saturated carbocycles. The van der Waals surface area contributed by atoms with E-state index in [2.05, 4.69) is 20.4 Å². The molecule has 0 aromatic rings. The maximum absolute atomic E-state index is 12.8. The van der Waals surface area contributed by atoms with Gasteiger partial charge < -0.3 is 10.6 Å². The summed E-state index contributed by atoms with van der Waals surface area (Å²) in [6.45, 7) is 9.02. The molecule has 0 aromatic carbocycles. The van der Waals surface area contributed by atoms with Crippen LogP contribution < -0.4 is 5.73 Å². The predicted octanol–water partition coefficient (Wildman–Crippen LogP) is 2.71. The first-order valence-electron chi connectivity index (χ1n) is 7.27. The van der Waals surface area contributed by atoms with Gasteiger partial charge in [-0.2, -0.15) is 0 Å². The molecule has 0 unspecified atom stereocenters. The number of carbonyl (C=O) groups excluding carboxylic acids is 1. The third kappa shape index (κ3) is 2.94. The Morgan fingerprint density at radius 2 is 1.94 bits per heavy atom. The molecule has 3 heteroatoms. The first-order valence-corrected chi connectivity index (χ1v) is 7.27. The van der Waals surface area contributed by atoms with Crippen LogP contribution in [0.3, 0.4) is 0 Å². The molecule has 2 N–H and O–H groups in total. The zero-order chi connectivity index (χ0) is 13.6. The topological polar surface area (TPSA) is 46.3 Å². The van der Waals surface area contributed by atoms with Gasteiger partial charge in [-0.3, -0.25) is 4.79 Å². The molecule has 0 bridgehead atoms. The highest BCUT2D eigenvalue weighted by Crippen LogP contribution is 2.32. The van der Waals surface area contributed by atoms with Gasteiger partial charge in [-0.15, -0.1) is 6.58 Å². The molecule has 1 aliphatic carbocycles. The van der Waals surface area contributed by atoms with E-state index in [1.807, 2.05) is 11.0 Å². The molecule has 0 heterocycles. The minimum absolute atomic E-state index is 0.238. The van der Waals surface area contributed by atoms with Crippen molar-refractivity contribution in [1.29, 1.82) is 0 Å². The van der Waals surface area contributed by atoms with E-state index in [0.29, 0.717) is 19.1 Å². The van der Waals surface area contributed by atoms with E-state index in [1.54, 1.807) is 0 Å². The van der Waals surface area contributed by atoms with Gasteiger partial charge in [0.1, 0.15) is 0 Å². The minimum Gasteiger partial charge on any atom is -0.335 e. The molecular weight excluding hydrogens is 224 g/mol. The van der Waals surface area contributed by atoms with Crippen molar-refractivity contribution in [2.75, 3.05) is 13.1 Å². The van der Waals surface area contributed by atoms with Crippen molar-refractivity contribution < 1.29 is 4.79 Å². The summed E-state index contributed by atoms with van der Waals surface area (Å²) in [6, 6.07) is 0.402. The zero-order valence-electron chi connectivity index (χ0n) is 12.0. The fraction of sp³-hybridized carbons (Fsp3) is 0.800. The van der Waals surface area contributed by atoms with Crippen LogP contribution in [0.2, 0.25) is 0 Å². The van der Waals surface area contributed by atoms with Gasteiger partial charge in [-0.25, -0.2) is 0 Å². The first-order chi connectivity index (χ1) is 8.65. The van der Waals surface area contributed by atoms with Gasteiger partial charge in [0, 0.05) is 19.1 Å². The molecule has 3 nitrogen and oxygen atoms in total. The van der Waals surface area contributed by atoms with Gasteiger partial charge in [0.25, 0.3) is 0 Å². The second kappa shape index (κ2) is 6.93. The molecule has 0 saturated heterocycles. The quantitative estimate of drug-likeness (QED) is 0.708. The summed E-state index contributed by atoms with van der Waals surface area (Å²) in [5.74, 6) is 0.238. The van der Waals surface area contributed by atoms with E-state index in [1.165, 1.54) is 12.8 Å². The van der Waals surface area contributed by atoms with Crippen LogP contribution >= 0.6 is 0 Å². The van der Waals surface area contributed by atoms with Crippen LogP contribution in [0, 0.1) is 5.41 Å². The van der Waals surface area contributed by atoms with Gasteiger partial charge in [-0.05, 0) is 25.7 Å². The number of hydrogen-bond acceptors (Lipinski definition) is 2. The number of rotatable bonds is 7. The van der Waals surface area contributed by atoms with Gasteiger partial charge in [0.2, 0.25) is 5.91 Å². The van der Waals surface area contributed by atoms with E-state index >= 15 is 0 Å². The lowest BCUT2D eigenvalue weighted by molar-refractivity contribution is -0.144. The summed E-state index contributed by atoms with van der Waals surface area (Å²) in [7, 11) is 0. The third-order valence-electron chi connectivity index (χ3n) is 4.55. The molecule has 0 radical (unpaired) electrons. The largest absolute Gasteiger partial charge is 0.335 e. The lowest BCUT2D eigenvalue weighted by atomic mass is 9.80. The molecule has 1 amide bonds. The highest BCUT2D eigenvalue weighted by atomic mass is 16.2. The van der Waals surface area contributed by atoms with E-state index in [0.717, 1.165) is 25.7 Å². The van der Waals surface area contributed by atoms with Crippen LogP contribution in [0.5, 0.6) is 0 Å². The highest BCUT2D eigenvalue weighted by Gasteiger charge is 2.39. The maximum Gasteiger partial charge on any atom is 0.230 e. The van der Waals surface area contributed by atoms with Crippen molar-refractivity contribution >= 4 is 5.91 Å². The molecule has 1 rings (SSSR count). The standard InChI is InChI=1S/C15H28N2O/c1-4-11-17(13-9-7-8-10-13)14(18)15(5-2,6-3)12-16/h4,13H,1,5-12,16H2,2-3H3. The Hall–Kier alpha value is -0.830. The Balaban J connectivity index is 2.89. The fourth-order valence-corrected chi connectivity index (χ4v) is 2.99. The molecular formula is C15H28N2O. The minimum atomic E-state index is -0.369. The summed E-state index contributed by atoms with van der Waals surface area (Å²) < 4.78 is 0. The van der Waals surface area contributed by atoms with Gasteiger partial charge >= 0.3 is 0 Å². The average molecular weight is 252 g/mol. The molecule has 0 atom stereocenters. The van der Waals surface area contributed by atoms with Crippen LogP contribution in [0.4, 0.5) is 0 Å². The smallest absolute Gasteiger partial charge is 0.230 e. The second-order valence-corrected chi connectivity index (χ2v) is 5.38. The predicted molar refractivity (Wildman–Crippen MR) is 76.2 cm³/mol. The van der Waals surface area contributed by atoms with Crippen LogP contribution in [0.1, 0.15) is 52.4 Å². The molecule has 0 spiro atoms. The number of hydrogen-bond donors (Lipinski definition) is 1. The molecule has 104 valence electrons. The van der Waals surface area contributed by atoms with E-state index in [-0.39, 0.29) is 11.3 Å². The number of nitrogens with zero attached hydrogens (tertiary/aromatic N) is 1. The third-order valence-corrected chi connectivity index (χ3v) is 4.55. The summed E-state index contributed by atoms with van der Waals surface area (Å²) in [5.41, 5.74) is 5.52. The van der Waals surface area contributed by atoms with Crippen molar-refractivity contribution in [2.45, 2.75) is 58.4 Å². The van der Waals surface area contributed by atoms with E-state index < -0.39 is 0 Å². The van der Waals surface area contributed by atoms with Crippen molar-refractivity contribution in [3.05, 3.63) is 12.7 Å². The summed E-state index contributed by atoms with van der Waals surface area (Å²) in [4.78, 5) is 14.9. The molecule has 1 fully saturated rings. The maximum atomic E-state index is 12.8. The second-order valence-electron chi connectivity index (χ2n) is 5.38. The lowest BCUT2D eigenvalue weighted by Crippen LogP contribution is -2.50. The highest BCUT2D eigenvalue weighted by molar-refractivity contribution is 5.83. The summed E-state index contributed by atoms with van der Waals surface area (Å²) in [5, 5.41) is 0. The zero-order valence-corrected chi connectivity index (χ0v) is 12.0. The van der Waals surface area contributed by atoms with Gasteiger partial charge in [0.05, 0.1) is 5.41 Å². The van der Waals surface area contributed by atoms with Crippen molar-refractivity contribution in [1.82, 2.24) is 4.90 Å². The molecule has 18 heavy (non-hydrogen) atoms. The number of amides is 1. The monoisotopic (exact) mass is 252 g/mol. The Morgan fingerprint density at radius 1 is 1.39 bits per heavy atom. The Kier molecular flexibility index (Phi) is 5.86. The molecule has 0 aliphatic heterocycles. The van der Waals surface area contributed by atoms with Crippen LogP contribution in [-0.2, 0) is 4.79 Å². The Labute approximate surface area is 111 Å². The van der Waals surface area contributed by atoms with Crippen LogP contribution in [-0.4, -0.2) is 29.9 Å². The van der Waals surface area contributed by atoms with Gasteiger partial charge in [-0.1, -0.05) is 32.8 Å². The summed E-state index contributed by atoms with van der Waals surface area (Å²) >= 11 is 0. The average Bonchev–Trinajstić information content (AvgIpc) is 2.92. The number of nitrogens with two attached hydrogens (primary N) is 1. The lowest BCUT2D eigenvalue weighted by Gasteiger charge is -2.38. The molecule has 0 aromatic heterocycles. The fourth-order valence-electron chi connectivity index (χ4n) is 2.99. The number of carbonyl (C=O) groups is 1. The van der Waals surface area contributed by atoms with E-state index in [4.69, 9.17) is 5.73 Å². The SMILES string of the molecule is C=CCN(C(=O)C(CC)(CC)CN)C1CCCC1. The van der Waals surface area contributed by atoms with Gasteiger partial charge in [0.15, 0.2) is 0 Å². The van der Waals surface area contributed by atoms with Crippen LogP contribution in [0.25, 0.3) is 0 Å².